The predicted molar refractivity (Wildman–Crippen MR) is 73.1 cm³/mol. The van der Waals surface area contributed by atoms with Crippen molar-refractivity contribution in [1.82, 2.24) is 9.97 Å². The van der Waals surface area contributed by atoms with Gasteiger partial charge in [0.2, 0.25) is 0 Å². The topological polar surface area (TPSA) is 92.2 Å². The third-order valence-electron chi connectivity index (χ3n) is 2.41. The van der Waals surface area contributed by atoms with Crippen molar-refractivity contribution in [3.63, 3.8) is 0 Å². The fourth-order valence-corrected chi connectivity index (χ4v) is 1.46. The first-order chi connectivity index (χ1) is 9.65. The summed E-state index contributed by atoms with van der Waals surface area (Å²) in [5, 5.41) is 11.2. The number of amides is 1. The molecular formula is C14H11N3O3. The Kier molecular flexibility index (Phi) is 4.18. The number of nitrogens with one attached hydrogen (secondary N) is 1. The van der Waals surface area contributed by atoms with Gasteiger partial charge in [0.15, 0.2) is 0 Å². The Morgan fingerprint density at radius 2 is 1.75 bits per heavy atom. The van der Waals surface area contributed by atoms with E-state index in [9.17, 15) is 9.59 Å². The SMILES string of the molecule is O=C(O)/C=C/c1ccc(NC(=O)c2cncnc2)cc1. The highest BCUT2D eigenvalue weighted by molar-refractivity contribution is 6.03. The number of carbonyl (C=O) groups excluding carboxylic acids is 1. The molecule has 0 atom stereocenters. The number of aromatic nitrogens is 2. The number of carboxylic acids is 1. The normalized spacial score (nSPS) is 10.4. The van der Waals surface area contributed by atoms with Crippen LogP contribution in [-0.2, 0) is 4.79 Å². The maximum atomic E-state index is 11.8. The van der Waals surface area contributed by atoms with E-state index in [4.69, 9.17) is 5.11 Å². The largest absolute Gasteiger partial charge is 0.478 e. The molecule has 0 aliphatic rings. The van der Waals surface area contributed by atoms with Crippen LogP contribution in [0.3, 0.4) is 0 Å². The van der Waals surface area contributed by atoms with Gasteiger partial charge in [-0.2, -0.15) is 0 Å². The summed E-state index contributed by atoms with van der Waals surface area (Å²) in [5.74, 6) is -1.31. The highest BCUT2D eigenvalue weighted by atomic mass is 16.4. The Morgan fingerprint density at radius 3 is 2.35 bits per heavy atom. The van der Waals surface area contributed by atoms with Gasteiger partial charge in [-0.1, -0.05) is 12.1 Å². The van der Waals surface area contributed by atoms with E-state index < -0.39 is 5.97 Å². The molecule has 2 aromatic rings. The van der Waals surface area contributed by atoms with E-state index in [0.717, 1.165) is 11.6 Å². The van der Waals surface area contributed by atoms with Crippen molar-refractivity contribution < 1.29 is 14.7 Å². The van der Waals surface area contributed by atoms with Crippen LogP contribution in [0.1, 0.15) is 15.9 Å². The quantitative estimate of drug-likeness (QED) is 0.826. The van der Waals surface area contributed by atoms with E-state index in [1.807, 2.05) is 0 Å². The van der Waals surface area contributed by atoms with Gasteiger partial charge >= 0.3 is 5.97 Å². The number of hydrogen-bond donors (Lipinski definition) is 2. The maximum absolute atomic E-state index is 11.8. The molecule has 100 valence electrons. The van der Waals surface area contributed by atoms with Crippen molar-refractivity contribution in [3.8, 4) is 0 Å². The van der Waals surface area contributed by atoms with Crippen LogP contribution >= 0.6 is 0 Å². The van der Waals surface area contributed by atoms with Crippen molar-refractivity contribution in [3.05, 3.63) is 60.2 Å². The molecule has 0 radical (unpaired) electrons. The molecule has 6 heteroatoms. The van der Waals surface area contributed by atoms with Gasteiger partial charge in [-0.25, -0.2) is 14.8 Å². The second kappa shape index (κ2) is 6.24. The lowest BCUT2D eigenvalue weighted by molar-refractivity contribution is -0.131. The minimum absolute atomic E-state index is 0.306. The molecule has 0 saturated carbocycles. The number of carbonyl (C=O) groups is 2. The van der Waals surface area contributed by atoms with Crippen LogP contribution in [-0.4, -0.2) is 27.0 Å². The van der Waals surface area contributed by atoms with Crippen LogP contribution in [0.2, 0.25) is 0 Å². The van der Waals surface area contributed by atoms with Crippen molar-refractivity contribution in [2.75, 3.05) is 5.32 Å². The summed E-state index contributed by atoms with van der Waals surface area (Å²) in [6.45, 7) is 0. The molecule has 2 N–H and O–H groups in total. The number of hydrogen-bond acceptors (Lipinski definition) is 4. The minimum Gasteiger partial charge on any atom is -0.478 e. The summed E-state index contributed by atoms with van der Waals surface area (Å²) >= 11 is 0. The lowest BCUT2D eigenvalue weighted by Gasteiger charge is -2.04. The van der Waals surface area contributed by atoms with Crippen LogP contribution in [0.5, 0.6) is 0 Å². The Bertz CT molecular complexity index is 636. The Labute approximate surface area is 114 Å². The number of benzene rings is 1. The zero-order valence-corrected chi connectivity index (χ0v) is 10.4. The molecule has 0 saturated heterocycles. The number of carboxylic acid groups (broad SMARTS) is 1. The monoisotopic (exact) mass is 269 g/mol. The third kappa shape index (κ3) is 3.74. The molecule has 0 bridgehead atoms. The molecule has 1 aromatic carbocycles. The van der Waals surface area contributed by atoms with E-state index in [2.05, 4.69) is 15.3 Å². The summed E-state index contributed by atoms with van der Waals surface area (Å²) < 4.78 is 0. The van der Waals surface area contributed by atoms with Gasteiger partial charge in [-0.3, -0.25) is 4.79 Å². The minimum atomic E-state index is -1.01. The second-order valence-electron chi connectivity index (χ2n) is 3.87. The average molecular weight is 269 g/mol. The number of rotatable bonds is 4. The molecule has 2 rings (SSSR count). The predicted octanol–water partition coefficient (Wildman–Crippen LogP) is 1.83. The van der Waals surface area contributed by atoms with E-state index in [-0.39, 0.29) is 5.91 Å². The summed E-state index contributed by atoms with van der Waals surface area (Å²) in [6.07, 6.45) is 6.72. The van der Waals surface area contributed by atoms with E-state index in [1.165, 1.54) is 24.8 Å². The molecule has 20 heavy (non-hydrogen) atoms. The van der Waals surface area contributed by atoms with E-state index >= 15 is 0 Å². The molecule has 0 aliphatic carbocycles. The van der Waals surface area contributed by atoms with E-state index in [1.54, 1.807) is 24.3 Å². The Balaban J connectivity index is 2.04. The van der Waals surface area contributed by atoms with Crippen LogP contribution in [0, 0.1) is 0 Å². The fourth-order valence-electron chi connectivity index (χ4n) is 1.46. The highest BCUT2D eigenvalue weighted by Crippen LogP contribution is 2.12. The molecule has 1 aromatic heterocycles. The molecule has 1 heterocycles. The first kappa shape index (κ1) is 13.4. The first-order valence-electron chi connectivity index (χ1n) is 5.72. The summed E-state index contributed by atoms with van der Waals surface area (Å²) in [6, 6.07) is 6.78. The molecule has 0 fully saturated rings. The highest BCUT2D eigenvalue weighted by Gasteiger charge is 2.05. The van der Waals surface area contributed by atoms with Gasteiger partial charge in [0, 0.05) is 24.2 Å². The van der Waals surface area contributed by atoms with Gasteiger partial charge in [-0.05, 0) is 23.8 Å². The fraction of sp³-hybridized carbons (Fsp3) is 0. The Morgan fingerprint density at radius 1 is 1.10 bits per heavy atom. The maximum Gasteiger partial charge on any atom is 0.328 e. The summed E-state index contributed by atoms with van der Waals surface area (Å²) in [4.78, 5) is 29.7. The molecule has 0 spiro atoms. The zero-order chi connectivity index (χ0) is 14.4. The molecule has 1 amide bonds. The van der Waals surface area contributed by atoms with Crippen molar-refractivity contribution in [2.24, 2.45) is 0 Å². The first-order valence-corrected chi connectivity index (χ1v) is 5.72. The van der Waals surface area contributed by atoms with E-state index in [0.29, 0.717) is 11.3 Å². The lowest BCUT2D eigenvalue weighted by atomic mass is 10.2. The second-order valence-corrected chi connectivity index (χ2v) is 3.87. The van der Waals surface area contributed by atoms with Gasteiger partial charge in [-0.15, -0.1) is 0 Å². The van der Waals surface area contributed by atoms with Crippen LogP contribution < -0.4 is 5.32 Å². The van der Waals surface area contributed by atoms with Crippen LogP contribution in [0.15, 0.2) is 49.1 Å². The van der Waals surface area contributed by atoms with Crippen molar-refractivity contribution >= 4 is 23.6 Å². The van der Waals surface area contributed by atoms with Crippen LogP contribution in [0.4, 0.5) is 5.69 Å². The number of anilines is 1. The smallest absolute Gasteiger partial charge is 0.328 e. The van der Waals surface area contributed by atoms with Gasteiger partial charge in [0.05, 0.1) is 5.56 Å². The molecule has 6 nitrogen and oxygen atoms in total. The lowest BCUT2D eigenvalue weighted by Crippen LogP contribution is -2.12. The number of nitrogens with zero attached hydrogens (tertiary/aromatic N) is 2. The molecular weight excluding hydrogens is 258 g/mol. The summed E-state index contributed by atoms with van der Waals surface area (Å²) in [5.41, 5.74) is 1.70. The standard InChI is InChI=1S/C14H11N3O3/c18-13(19)6-3-10-1-4-12(5-2-10)17-14(20)11-7-15-9-16-8-11/h1-9H,(H,17,20)(H,18,19)/b6-3+. The van der Waals surface area contributed by atoms with Crippen molar-refractivity contribution in [1.29, 1.82) is 0 Å². The summed E-state index contributed by atoms with van der Waals surface area (Å²) in [7, 11) is 0. The average Bonchev–Trinajstić information content (AvgIpc) is 2.47. The molecule has 0 unspecified atom stereocenters. The zero-order valence-electron chi connectivity index (χ0n) is 10.4. The van der Waals surface area contributed by atoms with Gasteiger partial charge < -0.3 is 10.4 Å². The Hall–Kier alpha value is -3.02. The van der Waals surface area contributed by atoms with Crippen LogP contribution in [0.25, 0.3) is 6.08 Å². The van der Waals surface area contributed by atoms with Gasteiger partial charge in [0.1, 0.15) is 6.33 Å². The third-order valence-corrected chi connectivity index (χ3v) is 2.41. The van der Waals surface area contributed by atoms with Gasteiger partial charge in [0.25, 0.3) is 5.91 Å². The number of aliphatic carboxylic acids is 1. The molecule has 0 aliphatic heterocycles. The van der Waals surface area contributed by atoms with Crippen molar-refractivity contribution in [2.45, 2.75) is 0 Å².